The van der Waals surface area contributed by atoms with Gasteiger partial charge in [0.2, 0.25) is 5.89 Å². The van der Waals surface area contributed by atoms with E-state index in [1.165, 1.54) is 17.4 Å². The molecule has 0 bridgehead atoms. The zero-order valence-corrected chi connectivity index (χ0v) is 15.6. The predicted molar refractivity (Wildman–Crippen MR) is 96.6 cm³/mol. The minimum atomic E-state index is -4.38. The fraction of sp³-hybridized carbons (Fsp3) is 0.353. The lowest BCUT2D eigenvalue weighted by molar-refractivity contribution is -0.137. The minimum absolute atomic E-state index is 0. The normalized spacial score (nSPS) is 15.9. The SMILES string of the molecule is Cl.NC1(c2noc(Cc3csc(-c4cccc(C(F)(F)F)c4)n3)n2)CCC1. The van der Waals surface area contributed by atoms with Gasteiger partial charge in [-0.25, -0.2) is 4.98 Å². The standard InChI is InChI=1S/C17H15F3N4OS.ClH/c18-17(19,20)11-4-1-3-10(7-11)14-22-12(9-26-14)8-13-23-15(24-25-13)16(21)5-2-6-16;/h1,3-4,7,9H,2,5-6,8,21H2;1H. The number of benzene rings is 1. The van der Waals surface area contributed by atoms with E-state index in [9.17, 15) is 13.2 Å². The van der Waals surface area contributed by atoms with E-state index in [4.69, 9.17) is 10.3 Å². The van der Waals surface area contributed by atoms with Crippen LogP contribution in [-0.2, 0) is 18.1 Å². The number of nitrogens with zero attached hydrogens (tertiary/aromatic N) is 3. The van der Waals surface area contributed by atoms with Crippen molar-refractivity contribution in [2.24, 2.45) is 5.73 Å². The molecule has 0 spiro atoms. The topological polar surface area (TPSA) is 77.8 Å². The summed E-state index contributed by atoms with van der Waals surface area (Å²) >= 11 is 1.28. The second-order valence-corrected chi connectivity index (χ2v) is 7.28. The Labute approximate surface area is 163 Å². The zero-order valence-electron chi connectivity index (χ0n) is 14.0. The quantitative estimate of drug-likeness (QED) is 0.674. The van der Waals surface area contributed by atoms with Crippen LogP contribution < -0.4 is 5.73 Å². The number of thiazole rings is 1. The van der Waals surface area contributed by atoms with E-state index < -0.39 is 17.3 Å². The monoisotopic (exact) mass is 416 g/mol. The third-order valence-corrected chi connectivity index (χ3v) is 5.42. The summed E-state index contributed by atoms with van der Waals surface area (Å²) in [6.07, 6.45) is -1.34. The highest BCUT2D eigenvalue weighted by Crippen LogP contribution is 2.37. The van der Waals surface area contributed by atoms with Gasteiger partial charge in [-0.05, 0) is 31.4 Å². The summed E-state index contributed by atoms with van der Waals surface area (Å²) in [6, 6.07) is 5.13. The highest BCUT2D eigenvalue weighted by molar-refractivity contribution is 7.13. The molecule has 144 valence electrons. The molecular formula is C17H16ClF3N4OS. The van der Waals surface area contributed by atoms with Crippen LogP contribution in [0.1, 0.15) is 42.2 Å². The Hall–Kier alpha value is -1.97. The molecule has 4 rings (SSSR count). The van der Waals surface area contributed by atoms with Gasteiger partial charge in [-0.2, -0.15) is 18.2 Å². The molecule has 3 aromatic rings. The van der Waals surface area contributed by atoms with Gasteiger partial charge in [0.05, 0.1) is 23.2 Å². The summed E-state index contributed by atoms with van der Waals surface area (Å²) in [5.74, 6) is 0.907. The van der Waals surface area contributed by atoms with Crippen LogP contribution in [0.5, 0.6) is 0 Å². The van der Waals surface area contributed by atoms with Gasteiger partial charge in [0, 0.05) is 10.9 Å². The number of alkyl halides is 3. The molecule has 0 aliphatic heterocycles. The summed E-state index contributed by atoms with van der Waals surface area (Å²) < 4.78 is 43.8. The summed E-state index contributed by atoms with van der Waals surface area (Å²) in [5.41, 5.74) is 6.08. The van der Waals surface area contributed by atoms with Crippen molar-refractivity contribution in [3.05, 3.63) is 52.6 Å². The average molecular weight is 417 g/mol. The summed E-state index contributed by atoms with van der Waals surface area (Å²) in [4.78, 5) is 8.74. The van der Waals surface area contributed by atoms with Gasteiger partial charge in [-0.1, -0.05) is 17.3 Å². The molecule has 0 saturated heterocycles. The number of aromatic nitrogens is 3. The lowest BCUT2D eigenvalue weighted by Gasteiger charge is -2.34. The maximum absolute atomic E-state index is 12.9. The Balaban J connectivity index is 0.00000210. The van der Waals surface area contributed by atoms with E-state index in [0.717, 1.165) is 31.4 Å². The Bertz CT molecular complexity index is 936. The van der Waals surface area contributed by atoms with Crippen molar-refractivity contribution in [1.82, 2.24) is 15.1 Å². The molecule has 1 aliphatic carbocycles. The smallest absolute Gasteiger partial charge is 0.339 e. The second kappa shape index (κ2) is 7.21. The molecule has 1 saturated carbocycles. The van der Waals surface area contributed by atoms with Crippen LogP contribution in [-0.4, -0.2) is 15.1 Å². The molecule has 0 atom stereocenters. The first-order chi connectivity index (χ1) is 12.3. The average Bonchev–Trinajstić information content (AvgIpc) is 3.22. The molecule has 27 heavy (non-hydrogen) atoms. The first-order valence-corrected chi connectivity index (χ1v) is 8.95. The molecule has 2 heterocycles. The third-order valence-electron chi connectivity index (χ3n) is 4.48. The highest BCUT2D eigenvalue weighted by atomic mass is 35.5. The van der Waals surface area contributed by atoms with E-state index in [1.807, 2.05) is 0 Å². The maximum atomic E-state index is 12.9. The van der Waals surface area contributed by atoms with Crippen molar-refractivity contribution >= 4 is 23.7 Å². The van der Waals surface area contributed by atoms with Gasteiger partial charge in [0.1, 0.15) is 5.01 Å². The van der Waals surface area contributed by atoms with Gasteiger partial charge in [-0.15, -0.1) is 23.7 Å². The first-order valence-electron chi connectivity index (χ1n) is 8.07. The fourth-order valence-electron chi connectivity index (χ4n) is 2.81. The van der Waals surface area contributed by atoms with Gasteiger partial charge < -0.3 is 10.3 Å². The fourth-order valence-corrected chi connectivity index (χ4v) is 3.63. The first kappa shape index (κ1) is 19.8. The van der Waals surface area contributed by atoms with E-state index in [1.54, 1.807) is 11.4 Å². The second-order valence-electron chi connectivity index (χ2n) is 6.42. The Morgan fingerprint density at radius 3 is 2.67 bits per heavy atom. The molecule has 0 unspecified atom stereocenters. The third kappa shape index (κ3) is 3.99. The maximum Gasteiger partial charge on any atom is 0.416 e. The molecular weight excluding hydrogens is 401 g/mol. The van der Waals surface area contributed by atoms with Crippen LogP contribution in [0.25, 0.3) is 10.6 Å². The highest BCUT2D eigenvalue weighted by Gasteiger charge is 2.39. The van der Waals surface area contributed by atoms with Gasteiger partial charge in [0.15, 0.2) is 5.82 Å². The number of halogens is 4. The molecule has 1 aromatic carbocycles. The van der Waals surface area contributed by atoms with Crippen LogP contribution in [0.3, 0.4) is 0 Å². The van der Waals surface area contributed by atoms with Gasteiger partial charge in [-0.3, -0.25) is 0 Å². The van der Waals surface area contributed by atoms with Crippen LogP contribution in [0.4, 0.5) is 13.2 Å². The molecule has 5 nitrogen and oxygen atoms in total. The number of hydrogen-bond acceptors (Lipinski definition) is 6. The van der Waals surface area contributed by atoms with Crippen molar-refractivity contribution < 1.29 is 17.7 Å². The van der Waals surface area contributed by atoms with Crippen LogP contribution >= 0.6 is 23.7 Å². The summed E-state index contributed by atoms with van der Waals surface area (Å²) in [5, 5.41) is 6.24. The number of hydrogen-bond donors (Lipinski definition) is 1. The van der Waals surface area contributed by atoms with Gasteiger partial charge in [0.25, 0.3) is 0 Å². The molecule has 0 amide bonds. The molecule has 10 heteroatoms. The summed E-state index contributed by atoms with van der Waals surface area (Å²) in [6.45, 7) is 0. The minimum Gasteiger partial charge on any atom is -0.339 e. The van der Waals surface area contributed by atoms with Crippen molar-refractivity contribution in [3.63, 3.8) is 0 Å². The Morgan fingerprint density at radius 2 is 2.00 bits per heavy atom. The van der Waals surface area contributed by atoms with E-state index >= 15 is 0 Å². The molecule has 2 aromatic heterocycles. The zero-order chi connectivity index (χ0) is 18.4. The van der Waals surface area contributed by atoms with Crippen molar-refractivity contribution in [2.45, 2.75) is 37.4 Å². The number of nitrogens with two attached hydrogens (primary N) is 1. The van der Waals surface area contributed by atoms with E-state index in [2.05, 4.69) is 15.1 Å². The van der Waals surface area contributed by atoms with E-state index in [0.29, 0.717) is 34.4 Å². The largest absolute Gasteiger partial charge is 0.416 e. The van der Waals surface area contributed by atoms with Crippen molar-refractivity contribution in [1.29, 1.82) is 0 Å². The molecule has 2 N–H and O–H groups in total. The molecule has 0 radical (unpaired) electrons. The van der Waals surface area contributed by atoms with Crippen molar-refractivity contribution in [2.75, 3.05) is 0 Å². The van der Waals surface area contributed by atoms with Gasteiger partial charge >= 0.3 is 6.18 Å². The van der Waals surface area contributed by atoms with Crippen molar-refractivity contribution in [3.8, 4) is 10.6 Å². The Kier molecular flexibility index (Phi) is 5.29. The van der Waals surface area contributed by atoms with Crippen LogP contribution in [0, 0.1) is 0 Å². The molecule has 1 fully saturated rings. The number of rotatable bonds is 4. The predicted octanol–water partition coefficient (Wildman–Crippen LogP) is 4.56. The lowest BCUT2D eigenvalue weighted by Crippen LogP contribution is -2.44. The lowest BCUT2D eigenvalue weighted by atomic mass is 9.77. The van der Waals surface area contributed by atoms with Crippen LogP contribution in [0.2, 0.25) is 0 Å². The van der Waals surface area contributed by atoms with E-state index in [-0.39, 0.29) is 12.4 Å². The molecule has 1 aliphatic rings. The Morgan fingerprint density at radius 1 is 1.22 bits per heavy atom. The van der Waals surface area contributed by atoms with Crippen LogP contribution in [0.15, 0.2) is 34.2 Å². The summed E-state index contributed by atoms with van der Waals surface area (Å²) in [7, 11) is 0.